The van der Waals surface area contributed by atoms with Gasteiger partial charge in [0.2, 0.25) is 5.43 Å². The molecule has 0 aliphatic heterocycles. The van der Waals surface area contributed by atoms with Crippen molar-refractivity contribution in [3.05, 3.63) is 100 Å². The van der Waals surface area contributed by atoms with E-state index < -0.39 is 5.63 Å². The summed E-state index contributed by atoms with van der Waals surface area (Å²) in [5.41, 5.74) is 2.00. The van der Waals surface area contributed by atoms with E-state index in [-0.39, 0.29) is 11.0 Å². The van der Waals surface area contributed by atoms with Gasteiger partial charge >= 0.3 is 5.63 Å². The van der Waals surface area contributed by atoms with Crippen LogP contribution in [0.2, 0.25) is 0 Å². The smallest absolute Gasteiger partial charge is 0.345 e. The highest BCUT2D eigenvalue weighted by Gasteiger charge is 2.18. The molecule has 6 aromatic rings. The Morgan fingerprint density at radius 2 is 1.78 bits per heavy atom. The maximum atomic E-state index is 13.4. The molecule has 0 saturated heterocycles. The van der Waals surface area contributed by atoms with Crippen molar-refractivity contribution in [2.24, 2.45) is 0 Å². The molecule has 6 rings (SSSR count). The van der Waals surface area contributed by atoms with E-state index in [9.17, 15) is 9.59 Å². The van der Waals surface area contributed by atoms with E-state index in [1.807, 2.05) is 30.3 Å². The predicted molar refractivity (Wildman–Crippen MR) is 119 cm³/mol. The molecule has 0 radical (unpaired) electrons. The van der Waals surface area contributed by atoms with Crippen molar-refractivity contribution in [2.45, 2.75) is 0 Å². The molecule has 0 atom stereocenters. The second-order valence-corrected chi connectivity index (χ2v) is 7.22. The first-order chi connectivity index (χ1) is 15.7. The zero-order valence-corrected chi connectivity index (χ0v) is 16.5. The van der Waals surface area contributed by atoms with Gasteiger partial charge in [0.05, 0.1) is 22.0 Å². The average molecular weight is 422 g/mol. The lowest BCUT2D eigenvalue weighted by Crippen LogP contribution is -2.09. The first-order valence-corrected chi connectivity index (χ1v) is 9.82. The van der Waals surface area contributed by atoms with E-state index in [0.717, 1.165) is 5.69 Å². The lowest BCUT2D eigenvalue weighted by Gasteiger charge is -2.08. The van der Waals surface area contributed by atoms with Gasteiger partial charge in [-0.05, 0) is 42.5 Å². The van der Waals surface area contributed by atoms with Gasteiger partial charge in [0.1, 0.15) is 29.3 Å². The summed E-state index contributed by atoms with van der Waals surface area (Å²) in [5, 5.41) is 8.99. The minimum atomic E-state index is -0.478. The average Bonchev–Trinajstić information content (AvgIpc) is 3.52. The molecule has 0 aliphatic rings. The summed E-state index contributed by atoms with van der Waals surface area (Å²) in [7, 11) is 0. The van der Waals surface area contributed by atoms with Crippen molar-refractivity contribution in [1.29, 1.82) is 0 Å². The van der Waals surface area contributed by atoms with Gasteiger partial charge in [-0.3, -0.25) is 9.36 Å². The Hall–Kier alpha value is -4.72. The SMILES string of the molecule is O=c1oc2ccc3c(=O)c(-c4nncn4-c4ccccc4)coc3c2cc1-c1ccc[nH]1. The summed E-state index contributed by atoms with van der Waals surface area (Å²) in [6.07, 6.45) is 4.64. The van der Waals surface area contributed by atoms with Crippen molar-refractivity contribution in [3.8, 4) is 28.3 Å². The van der Waals surface area contributed by atoms with E-state index in [0.29, 0.717) is 39.0 Å². The van der Waals surface area contributed by atoms with Crippen molar-refractivity contribution in [3.63, 3.8) is 0 Å². The predicted octanol–water partition coefficient (Wildman–Crippen LogP) is 4.14. The third-order valence-corrected chi connectivity index (χ3v) is 5.36. The first-order valence-electron chi connectivity index (χ1n) is 9.82. The van der Waals surface area contributed by atoms with Crippen molar-refractivity contribution >= 4 is 21.9 Å². The number of H-pyrrole nitrogens is 1. The number of para-hydroxylation sites is 1. The maximum Gasteiger partial charge on any atom is 0.345 e. The van der Waals surface area contributed by atoms with Crippen LogP contribution in [0.25, 0.3) is 50.3 Å². The summed E-state index contributed by atoms with van der Waals surface area (Å²) in [6, 6.07) is 17.9. The number of benzene rings is 2. The lowest BCUT2D eigenvalue weighted by molar-refractivity contribution is 0.561. The zero-order valence-electron chi connectivity index (χ0n) is 16.5. The number of nitrogens with zero attached hydrogens (tertiary/aromatic N) is 3. The van der Waals surface area contributed by atoms with Crippen LogP contribution in [-0.2, 0) is 0 Å². The molecule has 2 aromatic carbocycles. The van der Waals surface area contributed by atoms with Crippen LogP contribution in [0.4, 0.5) is 0 Å². The van der Waals surface area contributed by atoms with Crippen molar-refractivity contribution < 1.29 is 8.83 Å². The first kappa shape index (κ1) is 18.1. The van der Waals surface area contributed by atoms with Gasteiger partial charge in [-0.25, -0.2) is 4.79 Å². The number of aromatic amines is 1. The third kappa shape index (κ3) is 2.70. The van der Waals surface area contributed by atoms with Crippen LogP contribution < -0.4 is 11.1 Å². The van der Waals surface area contributed by atoms with E-state index in [4.69, 9.17) is 8.83 Å². The summed E-state index contributed by atoms with van der Waals surface area (Å²) in [6.45, 7) is 0. The molecule has 32 heavy (non-hydrogen) atoms. The normalized spacial score (nSPS) is 11.4. The highest BCUT2D eigenvalue weighted by atomic mass is 16.4. The van der Waals surface area contributed by atoms with Crippen LogP contribution in [-0.4, -0.2) is 19.7 Å². The quantitative estimate of drug-likeness (QED) is 0.339. The van der Waals surface area contributed by atoms with Gasteiger partial charge in [-0.2, -0.15) is 0 Å². The van der Waals surface area contributed by atoms with Crippen LogP contribution in [0.15, 0.2) is 97.9 Å². The topological polar surface area (TPSA) is 107 Å². The Morgan fingerprint density at radius 3 is 2.59 bits per heavy atom. The second-order valence-electron chi connectivity index (χ2n) is 7.22. The lowest BCUT2D eigenvalue weighted by atomic mass is 10.1. The summed E-state index contributed by atoms with van der Waals surface area (Å²) in [4.78, 5) is 28.8. The van der Waals surface area contributed by atoms with Crippen LogP contribution in [0, 0.1) is 0 Å². The molecule has 0 bridgehead atoms. The molecule has 4 heterocycles. The van der Waals surface area contributed by atoms with Gasteiger partial charge < -0.3 is 13.8 Å². The number of aromatic nitrogens is 4. The third-order valence-electron chi connectivity index (χ3n) is 5.36. The highest BCUT2D eigenvalue weighted by molar-refractivity contribution is 6.03. The highest BCUT2D eigenvalue weighted by Crippen LogP contribution is 2.28. The Labute approximate surface area is 179 Å². The number of fused-ring (bicyclic) bond motifs is 3. The molecular formula is C24H14N4O4. The minimum Gasteiger partial charge on any atom is -0.463 e. The molecule has 154 valence electrons. The molecule has 8 heteroatoms. The van der Waals surface area contributed by atoms with E-state index in [1.54, 1.807) is 47.4 Å². The number of nitrogens with one attached hydrogen (secondary N) is 1. The van der Waals surface area contributed by atoms with Crippen LogP contribution in [0.5, 0.6) is 0 Å². The number of hydrogen-bond acceptors (Lipinski definition) is 6. The van der Waals surface area contributed by atoms with Crippen LogP contribution >= 0.6 is 0 Å². The monoisotopic (exact) mass is 422 g/mol. The van der Waals surface area contributed by atoms with Gasteiger partial charge in [0, 0.05) is 11.9 Å². The Bertz CT molecular complexity index is 1710. The van der Waals surface area contributed by atoms with Gasteiger partial charge in [-0.1, -0.05) is 18.2 Å². The van der Waals surface area contributed by atoms with E-state index >= 15 is 0 Å². The van der Waals surface area contributed by atoms with E-state index in [1.165, 1.54) is 6.26 Å². The Morgan fingerprint density at radius 1 is 0.906 bits per heavy atom. The Kier molecular flexibility index (Phi) is 3.91. The van der Waals surface area contributed by atoms with E-state index in [2.05, 4.69) is 15.2 Å². The van der Waals surface area contributed by atoms with Gasteiger partial charge in [0.15, 0.2) is 5.82 Å². The molecule has 0 spiro atoms. The summed E-state index contributed by atoms with van der Waals surface area (Å²) < 4.78 is 13.1. The summed E-state index contributed by atoms with van der Waals surface area (Å²) >= 11 is 0. The minimum absolute atomic E-state index is 0.258. The molecule has 0 amide bonds. The maximum absolute atomic E-state index is 13.4. The Balaban J connectivity index is 1.59. The fraction of sp³-hybridized carbons (Fsp3) is 0. The molecule has 0 saturated carbocycles. The fourth-order valence-electron chi connectivity index (χ4n) is 3.82. The fourth-order valence-corrected chi connectivity index (χ4v) is 3.82. The largest absolute Gasteiger partial charge is 0.463 e. The number of rotatable bonds is 3. The van der Waals surface area contributed by atoms with Gasteiger partial charge in [-0.15, -0.1) is 10.2 Å². The second kappa shape index (κ2) is 6.92. The van der Waals surface area contributed by atoms with Crippen LogP contribution in [0.3, 0.4) is 0 Å². The standard InChI is InChI=1S/C24H14N4O4/c29-21-15-8-9-20-17(11-16(24(30)32-20)19-7-4-10-25-19)22(15)31-12-18(21)23-27-26-13-28(23)14-5-2-1-3-6-14/h1-13,25H. The summed E-state index contributed by atoms with van der Waals surface area (Å²) in [5.74, 6) is 0.374. The molecule has 8 nitrogen and oxygen atoms in total. The van der Waals surface area contributed by atoms with Crippen molar-refractivity contribution in [2.75, 3.05) is 0 Å². The molecule has 0 fully saturated rings. The van der Waals surface area contributed by atoms with Crippen LogP contribution in [0.1, 0.15) is 0 Å². The molecule has 0 aliphatic carbocycles. The molecular weight excluding hydrogens is 408 g/mol. The molecule has 0 unspecified atom stereocenters. The number of hydrogen-bond donors (Lipinski definition) is 1. The van der Waals surface area contributed by atoms with Crippen molar-refractivity contribution in [1.82, 2.24) is 19.7 Å². The van der Waals surface area contributed by atoms with Gasteiger partial charge in [0.25, 0.3) is 0 Å². The zero-order chi connectivity index (χ0) is 21.7. The molecule has 4 aromatic heterocycles. The molecule has 1 N–H and O–H groups in total.